The third kappa shape index (κ3) is 5.33. The average molecular weight is 385 g/mol. The summed E-state index contributed by atoms with van der Waals surface area (Å²) < 4.78 is 0. The van der Waals surface area contributed by atoms with Crippen molar-refractivity contribution in [3.05, 3.63) is 44.3 Å². The second kappa shape index (κ2) is 7.71. The van der Waals surface area contributed by atoms with Crippen LogP contribution < -0.4 is 21.7 Å². The molecule has 1 heterocycles. The first-order valence-corrected chi connectivity index (χ1v) is 8.13. The summed E-state index contributed by atoms with van der Waals surface area (Å²) in [6.45, 7) is 5.50. The molecule has 8 nitrogen and oxygen atoms in total. The summed E-state index contributed by atoms with van der Waals surface area (Å²) in [7, 11) is 0. The Morgan fingerprint density at radius 2 is 1.96 bits per heavy atom. The summed E-state index contributed by atoms with van der Waals surface area (Å²) in [5.41, 5.74) is 4.93. The first kappa shape index (κ1) is 19.0. The van der Waals surface area contributed by atoms with E-state index in [-0.39, 0.29) is 18.1 Å². The number of hydrogen-bond donors (Lipinski definition) is 4. The molecular formula is C15H18Cl2N6O2. The molecule has 0 spiro atoms. The molecule has 10 heteroatoms. The van der Waals surface area contributed by atoms with Gasteiger partial charge in [0, 0.05) is 10.4 Å². The third-order valence-electron chi connectivity index (χ3n) is 3.10. The van der Waals surface area contributed by atoms with Gasteiger partial charge in [-0.25, -0.2) is 0 Å². The van der Waals surface area contributed by atoms with Crippen LogP contribution in [-0.2, 0) is 10.2 Å². The lowest BCUT2D eigenvalue weighted by Gasteiger charge is -2.15. The van der Waals surface area contributed by atoms with Gasteiger partial charge in [-0.05, 0) is 18.2 Å². The van der Waals surface area contributed by atoms with Crippen molar-refractivity contribution in [1.29, 1.82) is 0 Å². The van der Waals surface area contributed by atoms with E-state index in [1.165, 1.54) is 0 Å². The van der Waals surface area contributed by atoms with Crippen LogP contribution >= 0.6 is 23.2 Å². The second-order valence-corrected chi connectivity index (χ2v) is 7.10. The summed E-state index contributed by atoms with van der Waals surface area (Å²) in [5, 5.41) is 11.5. The van der Waals surface area contributed by atoms with Crippen molar-refractivity contribution in [3.63, 3.8) is 0 Å². The van der Waals surface area contributed by atoms with Crippen LogP contribution in [0, 0.1) is 0 Å². The van der Waals surface area contributed by atoms with Crippen molar-refractivity contribution in [2.24, 2.45) is 0 Å². The normalized spacial score (nSPS) is 11.1. The van der Waals surface area contributed by atoms with Gasteiger partial charge < -0.3 is 5.32 Å². The number of nitrogens with one attached hydrogen (secondary N) is 4. The second-order valence-electron chi connectivity index (χ2n) is 6.25. The topological polar surface area (TPSA) is 112 Å². The molecule has 4 N–H and O–H groups in total. The standard InChI is InChI=1S/C15H18Cl2N6O2/c1-15(2,3)12-13(25)19-14(23-21-12)22-20-11(24)7-18-10-6-8(16)4-5-9(10)17/h4-6,18H,7H2,1-3H3,(H,20,24)(H2,19,22,23,25). The van der Waals surface area contributed by atoms with Crippen molar-refractivity contribution in [3.8, 4) is 0 Å². The zero-order valence-corrected chi connectivity index (χ0v) is 15.4. The third-order valence-corrected chi connectivity index (χ3v) is 3.66. The summed E-state index contributed by atoms with van der Waals surface area (Å²) in [4.78, 5) is 26.3. The molecule has 25 heavy (non-hydrogen) atoms. The maximum atomic E-state index is 12.0. The minimum Gasteiger partial charge on any atom is -0.375 e. The molecule has 134 valence electrons. The number of halogens is 2. The number of benzene rings is 1. The molecular weight excluding hydrogens is 367 g/mol. The number of nitrogens with zero attached hydrogens (tertiary/aromatic N) is 2. The molecule has 1 aromatic carbocycles. The Hall–Kier alpha value is -2.32. The molecule has 0 aliphatic heterocycles. The molecule has 0 radical (unpaired) electrons. The van der Waals surface area contributed by atoms with E-state index < -0.39 is 11.3 Å². The number of aromatic amines is 1. The van der Waals surface area contributed by atoms with E-state index in [4.69, 9.17) is 23.2 Å². The van der Waals surface area contributed by atoms with Crippen LogP contribution in [0.3, 0.4) is 0 Å². The van der Waals surface area contributed by atoms with E-state index in [0.717, 1.165) is 0 Å². The van der Waals surface area contributed by atoms with Crippen molar-refractivity contribution >= 4 is 40.7 Å². The Balaban J connectivity index is 1.91. The predicted molar refractivity (Wildman–Crippen MR) is 98.1 cm³/mol. The van der Waals surface area contributed by atoms with Gasteiger partial charge in [-0.2, -0.15) is 0 Å². The van der Waals surface area contributed by atoms with Crippen LogP contribution in [0.25, 0.3) is 0 Å². The van der Waals surface area contributed by atoms with Gasteiger partial charge in [-0.15, -0.1) is 10.2 Å². The highest BCUT2D eigenvalue weighted by atomic mass is 35.5. The quantitative estimate of drug-likeness (QED) is 0.588. The molecule has 2 aromatic rings. The number of amides is 1. The molecule has 0 aliphatic rings. The van der Waals surface area contributed by atoms with Gasteiger partial charge in [0.25, 0.3) is 11.5 Å². The fraction of sp³-hybridized carbons (Fsp3) is 0.333. The lowest BCUT2D eigenvalue weighted by atomic mass is 9.93. The van der Waals surface area contributed by atoms with Gasteiger partial charge in [0.15, 0.2) is 0 Å². The molecule has 2 rings (SSSR count). The van der Waals surface area contributed by atoms with Gasteiger partial charge in [0.1, 0.15) is 5.69 Å². The fourth-order valence-corrected chi connectivity index (χ4v) is 2.22. The van der Waals surface area contributed by atoms with E-state index in [0.29, 0.717) is 21.4 Å². The van der Waals surface area contributed by atoms with Crippen LogP contribution in [0.15, 0.2) is 23.0 Å². The van der Waals surface area contributed by atoms with Gasteiger partial charge in [-0.3, -0.25) is 25.4 Å². The van der Waals surface area contributed by atoms with Crippen LogP contribution in [0.2, 0.25) is 10.0 Å². The van der Waals surface area contributed by atoms with E-state index in [1.54, 1.807) is 18.2 Å². The Bertz CT molecular complexity index is 832. The number of hydrazine groups is 1. The summed E-state index contributed by atoms with van der Waals surface area (Å²) >= 11 is 11.9. The summed E-state index contributed by atoms with van der Waals surface area (Å²) in [5.74, 6) is -0.370. The van der Waals surface area contributed by atoms with Crippen molar-refractivity contribution in [1.82, 2.24) is 20.6 Å². The maximum Gasteiger partial charge on any atom is 0.274 e. The zero-order valence-electron chi connectivity index (χ0n) is 13.9. The fourth-order valence-electron chi connectivity index (χ4n) is 1.87. The lowest BCUT2D eigenvalue weighted by molar-refractivity contribution is -0.118. The monoisotopic (exact) mass is 384 g/mol. The SMILES string of the molecule is CC(C)(C)c1nnc(NNC(=O)CNc2cc(Cl)ccc2Cl)[nH]c1=O. The molecule has 0 saturated carbocycles. The number of anilines is 2. The number of hydrogen-bond acceptors (Lipinski definition) is 6. The van der Waals surface area contributed by atoms with Gasteiger partial charge >= 0.3 is 0 Å². The average Bonchev–Trinajstić information content (AvgIpc) is 2.52. The predicted octanol–water partition coefficient (Wildman–Crippen LogP) is 2.32. The summed E-state index contributed by atoms with van der Waals surface area (Å²) in [6, 6.07) is 4.88. The highest BCUT2D eigenvalue weighted by Crippen LogP contribution is 2.25. The lowest BCUT2D eigenvalue weighted by Crippen LogP contribution is -2.36. The number of aromatic nitrogens is 3. The number of rotatable bonds is 5. The molecule has 0 saturated heterocycles. The minimum atomic E-state index is -0.428. The van der Waals surface area contributed by atoms with E-state index in [2.05, 4.69) is 31.3 Å². The number of carbonyl (C=O) groups excluding carboxylic acids is 1. The highest BCUT2D eigenvalue weighted by molar-refractivity contribution is 6.35. The molecule has 1 amide bonds. The maximum absolute atomic E-state index is 12.0. The van der Waals surface area contributed by atoms with E-state index >= 15 is 0 Å². The first-order chi connectivity index (χ1) is 11.7. The summed E-state index contributed by atoms with van der Waals surface area (Å²) in [6.07, 6.45) is 0. The first-order valence-electron chi connectivity index (χ1n) is 7.38. The number of carbonyl (C=O) groups is 1. The highest BCUT2D eigenvalue weighted by Gasteiger charge is 2.20. The smallest absolute Gasteiger partial charge is 0.274 e. The van der Waals surface area contributed by atoms with Gasteiger partial charge in [0.05, 0.1) is 17.3 Å². The van der Waals surface area contributed by atoms with E-state index in [1.807, 2.05) is 20.8 Å². The van der Waals surface area contributed by atoms with Crippen molar-refractivity contribution in [2.45, 2.75) is 26.2 Å². The minimum absolute atomic E-state index is 0.0344. The van der Waals surface area contributed by atoms with Crippen LogP contribution in [0.1, 0.15) is 26.5 Å². The van der Waals surface area contributed by atoms with Crippen LogP contribution in [0.4, 0.5) is 11.6 Å². The Morgan fingerprint density at radius 3 is 2.60 bits per heavy atom. The number of H-pyrrole nitrogens is 1. The molecule has 1 aromatic heterocycles. The zero-order chi connectivity index (χ0) is 18.6. The Labute approximate surface area is 154 Å². The molecule has 0 unspecified atom stereocenters. The Kier molecular flexibility index (Phi) is 5.86. The van der Waals surface area contributed by atoms with E-state index in [9.17, 15) is 9.59 Å². The largest absolute Gasteiger partial charge is 0.375 e. The Morgan fingerprint density at radius 1 is 1.24 bits per heavy atom. The van der Waals surface area contributed by atoms with Crippen molar-refractivity contribution in [2.75, 3.05) is 17.3 Å². The molecule has 0 bridgehead atoms. The van der Waals surface area contributed by atoms with Crippen molar-refractivity contribution < 1.29 is 4.79 Å². The van der Waals surface area contributed by atoms with Gasteiger partial charge in [-0.1, -0.05) is 44.0 Å². The van der Waals surface area contributed by atoms with Gasteiger partial charge in [0.2, 0.25) is 5.95 Å². The molecule has 0 aliphatic carbocycles. The van der Waals surface area contributed by atoms with Crippen LogP contribution in [-0.4, -0.2) is 27.6 Å². The van der Waals surface area contributed by atoms with Crippen LogP contribution in [0.5, 0.6) is 0 Å². The molecule has 0 atom stereocenters. The molecule has 0 fully saturated rings.